The van der Waals surface area contributed by atoms with Gasteiger partial charge in [-0.05, 0) is 11.5 Å². The zero-order valence-electron chi connectivity index (χ0n) is 6.84. The Morgan fingerprint density at radius 3 is 3.21 bits per heavy atom. The van der Waals surface area contributed by atoms with Crippen molar-refractivity contribution in [1.82, 2.24) is 35.5 Å². The zero-order valence-corrected chi connectivity index (χ0v) is 7.65. The molecule has 2 aromatic heterocycles. The molecule has 2 aromatic rings. The summed E-state index contributed by atoms with van der Waals surface area (Å²) in [5.74, 6) is 0.181. The first-order valence-electron chi connectivity index (χ1n) is 3.64. The van der Waals surface area contributed by atoms with E-state index in [2.05, 4.69) is 35.5 Å². The largest absolute Gasteiger partial charge is 0.344 e. The van der Waals surface area contributed by atoms with Crippen LogP contribution in [0.15, 0.2) is 6.20 Å². The Balaban J connectivity index is 1.90. The molecule has 0 aliphatic rings. The summed E-state index contributed by atoms with van der Waals surface area (Å²) in [7, 11) is 0. The molecule has 72 valence electrons. The van der Waals surface area contributed by atoms with Gasteiger partial charge in [0.1, 0.15) is 4.88 Å². The maximum Gasteiger partial charge on any atom is 0.265 e. The number of amides is 1. The third-order valence-corrected chi connectivity index (χ3v) is 2.04. The van der Waals surface area contributed by atoms with Gasteiger partial charge >= 0.3 is 0 Å². The Morgan fingerprint density at radius 2 is 2.57 bits per heavy atom. The number of nitrogens with zero attached hydrogens (tertiary/aromatic N) is 5. The number of nitrogens with one attached hydrogen (secondary N) is 2. The molecule has 8 nitrogen and oxygen atoms in total. The molecule has 2 heterocycles. The second-order valence-corrected chi connectivity index (χ2v) is 3.08. The van der Waals surface area contributed by atoms with Gasteiger partial charge < -0.3 is 5.32 Å². The van der Waals surface area contributed by atoms with Crippen molar-refractivity contribution in [3.05, 3.63) is 16.9 Å². The van der Waals surface area contributed by atoms with Gasteiger partial charge in [-0.1, -0.05) is 9.70 Å². The van der Waals surface area contributed by atoms with Crippen molar-refractivity contribution in [2.45, 2.75) is 6.54 Å². The van der Waals surface area contributed by atoms with Gasteiger partial charge in [0, 0.05) is 0 Å². The highest BCUT2D eigenvalue weighted by molar-refractivity contribution is 7.07. The molecule has 0 fully saturated rings. The number of aromatic amines is 1. The van der Waals surface area contributed by atoms with Crippen molar-refractivity contribution in [3.8, 4) is 0 Å². The monoisotopic (exact) mass is 211 g/mol. The van der Waals surface area contributed by atoms with Crippen molar-refractivity contribution in [3.63, 3.8) is 0 Å². The topological polar surface area (TPSA) is 109 Å². The predicted octanol–water partition coefficient (Wildman–Crippen LogP) is -1.02. The Bertz CT molecular complexity index is 396. The lowest BCUT2D eigenvalue weighted by atomic mass is 10.5. The second kappa shape index (κ2) is 3.87. The molecular formula is C5H5N7OS. The van der Waals surface area contributed by atoms with E-state index in [1.807, 2.05) is 0 Å². The van der Waals surface area contributed by atoms with E-state index in [1.54, 1.807) is 0 Å². The lowest BCUT2D eigenvalue weighted by Gasteiger charge is -1.96. The van der Waals surface area contributed by atoms with E-state index in [4.69, 9.17) is 0 Å². The molecule has 14 heavy (non-hydrogen) atoms. The third-order valence-electron chi connectivity index (χ3n) is 1.38. The van der Waals surface area contributed by atoms with Crippen molar-refractivity contribution in [1.29, 1.82) is 0 Å². The van der Waals surface area contributed by atoms with Gasteiger partial charge in [0.15, 0.2) is 5.82 Å². The highest BCUT2D eigenvalue weighted by Crippen LogP contribution is 2.00. The fourth-order valence-corrected chi connectivity index (χ4v) is 1.20. The first-order valence-corrected chi connectivity index (χ1v) is 4.41. The first kappa shape index (κ1) is 8.69. The molecule has 2 N–H and O–H groups in total. The number of rotatable bonds is 3. The van der Waals surface area contributed by atoms with Crippen LogP contribution in [0.25, 0.3) is 0 Å². The minimum atomic E-state index is -0.246. The average Bonchev–Trinajstić information content (AvgIpc) is 2.87. The Kier molecular flexibility index (Phi) is 2.40. The van der Waals surface area contributed by atoms with Crippen molar-refractivity contribution >= 4 is 17.4 Å². The van der Waals surface area contributed by atoms with E-state index in [0.717, 1.165) is 11.5 Å². The summed E-state index contributed by atoms with van der Waals surface area (Å²) >= 11 is 1.03. The standard InChI is InChI=1S/C5H5N7OS/c13-5(3-1-7-12-14-3)6-2-4-8-10-11-9-4/h1H,2H2,(H,6,13)(H,8,9,10,11). The van der Waals surface area contributed by atoms with Crippen LogP contribution in [0.1, 0.15) is 15.5 Å². The molecule has 0 bridgehead atoms. The third kappa shape index (κ3) is 1.88. The van der Waals surface area contributed by atoms with Gasteiger partial charge in [-0.3, -0.25) is 4.79 Å². The summed E-state index contributed by atoms with van der Waals surface area (Å²) < 4.78 is 3.57. The van der Waals surface area contributed by atoms with Gasteiger partial charge in [0.05, 0.1) is 12.7 Å². The van der Waals surface area contributed by atoms with Gasteiger partial charge in [0.25, 0.3) is 5.91 Å². The maximum atomic E-state index is 11.3. The van der Waals surface area contributed by atoms with Crippen LogP contribution in [-0.4, -0.2) is 36.1 Å². The lowest BCUT2D eigenvalue weighted by Crippen LogP contribution is -2.22. The van der Waals surface area contributed by atoms with Gasteiger partial charge in [-0.15, -0.1) is 15.3 Å². The summed E-state index contributed by atoms with van der Waals surface area (Å²) in [6.45, 7) is 0.229. The minimum Gasteiger partial charge on any atom is -0.344 e. The summed E-state index contributed by atoms with van der Waals surface area (Å²) in [4.78, 5) is 11.8. The Hall–Kier alpha value is -1.90. The molecule has 0 spiro atoms. The maximum absolute atomic E-state index is 11.3. The number of hydrogen-bond acceptors (Lipinski definition) is 7. The number of H-pyrrole nitrogens is 1. The second-order valence-electron chi connectivity index (χ2n) is 2.29. The van der Waals surface area contributed by atoms with E-state index in [1.165, 1.54) is 6.20 Å². The average molecular weight is 211 g/mol. The van der Waals surface area contributed by atoms with Gasteiger partial charge in [-0.25, -0.2) is 0 Å². The Labute approximate surface area is 81.9 Å². The number of carbonyl (C=O) groups is 1. The molecule has 0 aromatic carbocycles. The molecule has 0 saturated carbocycles. The molecule has 0 atom stereocenters. The van der Waals surface area contributed by atoms with Crippen LogP contribution in [0, 0.1) is 0 Å². The van der Waals surface area contributed by atoms with E-state index < -0.39 is 0 Å². The van der Waals surface area contributed by atoms with Crippen molar-refractivity contribution in [2.75, 3.05) is 0 Å². The van der Waals surface area contributed by atoms with Crippen LogP contribution < -0.4 is 5.32 Å². The minimum absolute atomic E-state index is 0.229. The summed E-state index contributed by atoms with van der Waals surface area (Å²) in [5, 5.41) is 19.1. The molecule has 9 heteroatoms. The van der Waals surface area contributed by atoms with Crippen LogP contribution >= 0.6 is 11.5 Å². The van der Waals surface area contributed by atoms with Crippen molar-refractivity contribution in [2.24, 2.45) is 0 Å². The summed E-state index contributed by atoms with van der Waals surface area (Å²) in [6.07, 6.45) is 1.40. The smallest absolute Gasteiger partial charge is 0.265 e. The van der Waals surface area contributed by atoms with Gasteiger partial charge in [0.2, 0.25) is 0 Å². The molecule has 1 amide bonds. The zero-order chi connectivity index (χ0) is 9.80. The molecular weight excluding hydrogens is 206 g/mol. The van der Waals surface area contributed by atoms with Crippen molar-refractivity contribution < 1.29 is 4.79 Å². The number of hydrogen-bond donors (Lipinski definition) is 2. The molecule has 0 aliphatic heterocycles. The fraction of sp³-hybridized carbons (Fsp3) is 0.200. The van der Waals surface area contributed by atoms with Gasteiger partial charge in [-0.2, -0.15) is 5.21 Å². The quantitative estimate of drug-likeness (QED) is 0.672. The van der Waals surface area contributed by atoms with Crippen LogP contribution in [0.2, 0.25) is 0 Å². The van der Waals surface area contributed by atoms with Crippen LogP contribution in [0.4, 0.5) is 0 Å². The summed E-state index contributed by atoms with van der Waals surface area (Å²) in [5.41, 5.74) is 0. The predicted molar refractivity (Wildman–Crippen MR) is 45.3 cm³/mol. The van der Waals surface area contributed by atoms with E-state index >= 15 is 0 Å². The van der Waals surface area contributed by atoms with Crippen LogP contribution in [-0.2, 0) is 6.54 Å². The normalized spacial score (nSPS) is 10.0. The van der Waals surface area contributed by atoms with Crippen LogP contribution in [0.5, 0.6) is 0 Å². The lowest BCUT2D eigenvalue weighted by molar-refractivity contribution is 0.0954. The molecule has 0 unspecified atom stereocenters. The Morgan fingerprint density at radius 1 is 1.64 bits per heavy atom. The van der Waals surface area contributed by atoms with Crippen LogP contribution in [0.3, 0.4) is 0 Å². The molecule has 0 radical (unpaired) electrons. The van der Waals surface area contributed by atoms with E-state index in [9.17, 15) is 4.79 Å². The van der Waals surface area contributed by atoms with E-state index in [-0.39, 0.29) is 12.5 Å². The fourth-order valence-electron chi connectivity index (χ4n) is 0.771. The number of carbonyl (C=O) groups excluding carboxylic acids is 1. The highest BCUT2D eigenvalue weighted by atomic mass is 32.1. The number of aromatic nitrogens is 6. The highest BCUT2D eigenvalue weighted by Gasteiger charge is 2.08. The molecule has 0 aliphatic carbocycles. The van der Waals surface area contributed by atoms with E-state index in [0.29, 0.717) is 10.7 Å². The summed E-state index contributed by atoms with van der Waals surface area (Å²) in [6, 6.07) is 0. The molecule has 2 rings (SSSR count). The first-order chi connectivity index (χ1) is 6.86. The molecule has 0 saturated heterocycles. The SMILES string of the molecule is O=C(NCc1nn[nH]n1)c1cnns1. The number of tetrazole rings is 1.